The molecule has 0 saturated carbocycles. The van der Waals surface area contributed by atoms with E-state index >= 15 is 0 Å². The van der Waals surface area contributed by atoms with E-state index in [-0.39, 0.29) is 0 Å². The summed E-state index contributed by atoms with van der Waals surface area (Å²) in [5.41, 5.74) is 15.4. The second kappa shape index (κ2) is 18.5. The number of thiophene rings is 3. The van der Waals surface area contributed by atoms with E-state index in [1.807, 2.05) is 34.0 Å². The Hall–Kier alpha value is -10.5. The number of rotatable bonds is 6. The molecule has 1 aliphatic carbocycles. The molecule has 88 heavy (non-hydrogen) atoms. The van der Waals surface area contributed by atoms with Crippen LogP contribution >= 0.6 is 34.0 Å². The van der Waals surface area contributed by atoms with Gasteiger partial charge in [-0.05, 0) is 151 Å². The number of hydrogen-bond acceptors (Lipinski definition) is 5. The van der Waals surface area contributed by atoms with Crippen molar-refractivity contribution < 1.29 is 0 Å². The molecule has 0 aliphatic heterocycles. The Kier molecular flexibility index (Phi) is 10.3. The molecule has 7 aromatic heterocycles. The van der Waals surface area contributed by atoms with Crippen molar-refractivity contribution in [1.82, 2.24) is 23.7 Å². The van der Waals surface area contributed by atoms with Crippen LogP contribution in [0.2, 0.25) is 0 Å². The van der Waals surface area contributed by atoms with Crippen LogP contribution in [-0.2, 0) is 0 Å². The lowest BCUT2D eigenvalue weighted by atomic mass is 9.99. The third kappa shape index (κ3) is 7.13. The van der Waals surface area contributed by atoms with Gasteiger partial charge in [0.2, 0.25) is 0 Å². The first kappa shape index (κ1) is 48.7. The summed E-state index contributed by atoms with van der Waals surface area (Å²) in [5, 5.41) is 17.8. The maximum absolute atomic E-state index is 5.59. The van der Waals surface area contributed by atoms with E-state index in [4.69, 9.17) is 9.97 Å². The van der Waals surface area contributed by atoms with Crippen molar-refractivity contribution in [2.45, 2.75) is 12.8 Å². The molecule has 19 aromatic rings. The van der Waals surface area contributed by atoms with Crippen LogP contribution < -0.4 is 10.6 Å². The first-order valence-electron chi connectivity index (χ1n) is 30.1. The smallest absolute Gasteiger partial charge is 0.160 e. The second-order valence-electron chi connectivity index (χ2n) is 23.5. The molecule has 0 radical (unpaired) electrons. The Balaban J connectivity index is 0.724. The van der Waals surface area contributed by atoms with Gasteiger partial charge in [0, 0.05) is 132 Å². The van der Waals surface area contributed by atoms with Crippen molar-refractivity contribution in [2.24, 2.45) is 0 Å². The number of fused-ring (bicyclic) bond motifs is 19. The maximum atomic E-state index is 5.59. The minimum absolute atomic E-state index is 0.684. The SMILES string of the molecule is C1=c2c(n(-c3ccc(-c4ccc5nc(-c6ccc(-n7c8ccccc8c8cc9c(cc87)sc7ccccc79)cc6)nc(-c6ccc(-n7c8ccccc8c8cc9c(cc87)sc7ccccc79)cc6)c5c4)cc3)c3cc4sc5ccccc5c4cc23)=CCC1. The highest BCUT2D eigenvalue weighted by molar-refractivity contribution is 7.26. The summed E-state index contributed by atoms with van der Waals surface area (Å²) in [7, 11) is 0. The van der Waals surface area contributed by atoms with E-state index in [1.165, 1.54) is 126 Å². The van der Waals surface area contributed by atoms with E-state index in [2.05, 4.69) is 275 Å². The molecule has 0 atom stereocenters. The van der Waals surface area contributed by atoms with Gasteiger partial charge in [-0.1, -0.05) is 133 Å². The largest absolute Gasteiger partial charge is 0.310 e. The molecule has 8 heteroatoms. The van der Waals surface area contributed by atoms with Crippen molar-refractivity contribution >= 4 is 172 Å². The zero-order valence-corrected chi connectivity index (χ0v) is 49.7. The van der Waals surface area contributed by atoms with Gasteiger partial charge in [0.15, 0.2) is 5.82 Å². The fourth-order valence-electron chi connectivity index (χ4n) is 14.6. The predicted octanol–water partition coefficient (Wildman–Crippen LogP) is 21.2. The molecule has 5 nitrogen and oxygen atoms in total. The number of aromatic nitrogens is 5. The molecule has 0 spiro atoms. The third-order valence-electron chi connectivity index (χ3n) is 18.7. The highest BCUT2D eigenvalue weighted by Crippen LogP contribution is 2.44. The molecule has 0 saturated heterocycles. The number of para-hydroxylation sites is 2. The Morgan fingerprint density at radius 2 is 0.705 bits per heavy atom. The highest BCUT2D eigenvalue weighted by Gasteiger charge is 2.21. The molecule has 0 amide bonds. The molecule has 0 unspecified atom stereocenters. The van der Waals surface area contributed by atoms with E-state index in [0.717, 1.165) is 68.8 Å². The highest BCUT2D eigenvalue weighted by atomic mass is 32.1. The van der Waals surface area contributed by atoms with Gasteiger partial charge in [-0.3, -0.25) is 0 Å². The molecular formula is C80H47N5S3. The second-order valence-corrected chi connectivity index (χ2v) is 26.7. The van der Waals surface area contributed by atoms with E-state index < -0.39 is 0 Å². The normalized spacial score (nSPS) is 12.9. The Labute approximate surface area is 515 Å². The minimum atomic E-state index is 0.684. The quantitative estimate of drug-likeness (QED) is 0.166. The van der Waals surface area contributed by atoms with Gasteiger partial charge in [-0.25, -0.2) is 9.97 Å². The van der Waals surface area contributed by atoms with Crippen molar-refractivity contribution in [1.29, 1.82) is 0 Å². The number of nitrogens with zero attached hydrogens (tertiary/aromatic N) is 5. The van der Waals surface area contributed by atoms with Crippen LogP contribution in [-0.4, -0.2) is 23.7 Å². The molecule has 0 fully saturated rings. The summed E-state index contributed by atoms with van der Waals surface area (Å²) in [4.78, 5) is 11.0. The van der Waals surface area contributed by atoms with E-state index in [0.29, 0.717) is 5.82 Å². The summed E-state index contributed by atoms with van der Waals surface area (Å²) in [6, 6.07) is 92.2. The van der Waals surface area contributed by atoms with Crippen LogP contribution in [0.25, 0.3) is 189 Å². The zero-order valence-electron chi connectivity index (χ0n) is 47.2. The molecule has 12 aromatic carbocycles. The summed E-state index contributed by atoms with van der Waals surface area (Å²) >= 11 is 5.61. The van der Waals surface area contributed by atoms with Crippen molar-refractivity contribution in [2.75, 3.05) is 0 Å². The average molecular weight is 1170 g/mol. The van der Waals surface area contributed by atoms with Crippen molar-refractivity contribution in [3.63, 3.8) is 0 Å². The van der Waals surface area contributed by atoms with Crippen molar-refractivity contribution in [3.8, 4) is 50.8 Å². The number of hydrogen-bond donors (Lipinski definition) is 0. The van der Waals surface area contributed by atoms with Gasteiger partial charge >= 0.3 is 0 Å². The molecule has 1 aliphatic rings. The van der Waals surface area contributed by atoms with Crippen LogP contribution in [0.3, 0.4) is 0 Å². The predicted molar refractivity (Wildman–Crippen MR) is 377 cm³/mol. The molecule has 20 rings (SSSR count). The van der Waals surface area contributed by atoms with Crippen LogP contribution in [0.5, 0.6) is 0 Å². The number of benzene rings is 12. The lowest BCUT2D eigenvalue weighted by molar-refractivity contribution is 1.02. The summed E-state index contributed by atoms with van der Waals surface area (Å²) in [6.07, 6.45) is 6.96. The lowest BCUT2D eigenvalue weighted by Gasteiger charge is -2.14. The monoisotopic (exact) mass is 1170 g/mol. The Morgan fingerprint density at radius 1 is 0.273 bits per heavy atom. The first-order chi connectivity index (χ1) is 43.6. The summed E-state index contributed by atoms with van der Waals surface area (Å²) in [5.74, 6) is 0.684. The fourth-order valence-corrected chi connectivity index (χ4v) is 18.0. The maximum Gasteiger partial charge on any atom is 0.160 e. The standard InChI is InChI=1S/C80H47N5S3/c1-7-19-67-53(13-1)59-40-62-56-16-4-10-22-73(56)86-76(62)43-70(59)83(67)50-32-25-46(26-33-50)49-31-38-66-65(39-49)79(47-27-34-51(35-28-47)84-68-20-8-2-14-54(68)60-41-63-57-17-5-11-23-74(57)87-77(63)44-71(60)84)82-80(81-66)48-29-36-52(37-30-48)85-69-21-9-3-15-55(69)61-42-64-58-18-6-12-24-75(58)88-78(64)45-72(61)85/h2-6,8-45H,1,7H2. The minimum Gasteiger partial charge on any atom is -0.310 e. The van der Waals surface area contributed by atoms with Gasteiger partial charge in [0.1, 0.15) is 0 Å². The fraction of sp³-hybridized carbons (Fsp3) is 0.0250. The van der Waals surface area contributed by atoms with E-state index in [9.17, 15) is 0 Å². The van der Waals surface area contributed by atoms with Crippen LogP contribution in [0.15, 0.2) is 249 Å². The molecule has 0 bridgehead atoms. The van der Waals surface area contributed by atoms with Crippen LogP contribution in [0.1, 0.15) is 12.8 Å². The molecule has 7 heterocycles. The summed E-state index contributed by atoms with van der Waals surface area (Å²) in [6.45, 7) is 0. The van der Waals surface area contributed by atoms with E-state index in [1.54, 1.807) is 0 Å². The molecule has 0 N–H and O–H groups in total. The van der Waals surface area contributed by atoms with Gasteiger partial charge in [-0.2, -0.15) is 0 Å². The van der Waals surface area contributed by atoms with Gasteiger partial charge in [0.25, 0.3) is 0 Å². The van der Waals surface area contributed by atoms with Gasteiger partial charge in [0.05, 0.1) is 38.8 Å². The Morgan fingerprint density at radius 3 is 1.25 bits per heavy atom. The van der Waals surface area contributed by atoms with Crippen LogP contribution in [0, 0.1) is 0 Å². The zero-order chi connectivity index (χ0) is 57.3. The topological polar surface area (TPSA) is 40.6 Å². The first-order valence-corrected chi connectivity index (χ1v) is 32.5. The molecular weight excluding hydrogens is 1130 g/mol. The average Bonchev–Trinajstić information content (AvgIpc) is 1.69. The van der Waals surface area contributed by atoms with Gasteiger partial charge < -0.3 is 13.7 Å². The van der Waals surface area contributed by atoms with Crippen LogP contribution in [0.4, 0.5) is 0 Å². The van der Waals surface area contributed by atoms with Crippen molar-refractivity contribution in [3.05, 3.63) is 259 Å². The lowest BCUT2D eigenvalue weighted by Crippen LogP contribution is -2.30. The Bertz CT molecular complexity index is 6350. The summed E-state index contributed by atoms with van der Waals surface area (Å²) < 4.78 is 15.2. The van der Waals surface area contributed by atoms with Gasteiger partial charge in [-0.15, -0.1) is 34.0 Å². The third-order valence-corrected chi connectivity index (χ3v) is 22.1. The molecule has 410 valence electrons.